The van der Waals surface area contributed by atoms with Crippen molar-refractivity contribution in [3.63, 3.8) is 0 Å². The number of amides is 3. The summed E-state index contributed by atoms with van der Waals surface area (Å²) in [5.74, 6) is -1.09. The highest BCUT2D eigenvalue weighted by atomic mass is 35.5. The van der Waals surface area contributed by atoms with E-state index in [9.17, 15) is 14.4 Å². The third kappa shape index (κ3) is 3.30. The van der Waals surface area contributed by atoms with Crippen LogP contribution < -0.4 is 5.32 Å². The van der Waals surface area contributed by atoms with Crippen LogP contribution in [0.1, 0.15) is 49.5 Å². The summed E-state index contributed by atoms with van der Waals surface area (Å²) in [5, 5.41) is 3.35. The number of carbonyl (C=O) groups is 3. The number of anilines is 1. The van der Waals surface area contributed by atoms with Crippen LogP contribution in [0.5, 0.6) is 0 Å². The zero-order valence-corrected chi connectivity index (χ0v) is 16.1. The van der Waals surface area contributed by atoms with Crippen molar-refractivity contribution in [3.8, 4) is 0 Å². The number of nitrogens with one attached hydrogen (secondary N) is 1. The Morgan fingerprint density at radius 3 is 2.75 bits per heavy atom. The molecule has 2 aliphatic rings. The summed E-state index contributed by atoms with van der Waals surface area (Å²) in [7, 11) is 0. The van der Waals surface area contributed by atoms with Crippen LogP contribution in [0.4, 0.5) is 5.69 Å². The van der Waals surface area contributed by atoms with Crippen molar-refractivity contribution in [2.75, 3.05) is 18.5 Å². The van der Waals surface area contributed by atoms with Crippen LogP contribution in [0.3, 0.4) is 0 Å². The molecule has 2 heterocycles. The van der Waals surface area contributed by atoms with Gasteiger partial charge in [0.1, 0.15) is 0 Å². The van der Waals surface area contributed by atoms with Crippen LogP contribution >= 0.6 is 11.6 Å². The third-order valence-corrected chi connectivity index (χ3v) is 5.57. The molecule has 0 aromatic heterocycles. The van der Waals surface area contributed by atoms with E-state index in [-0.39, 0.29) is 35.9 Å². The second-order valence-corrected chi connectivity index (χ2v) is 7.39. The number of nitrogens with zero attached hydrogens (tertiary/aromatic N) is 1. The summed E-state index contributed by atoms with van der Waals surface area (Å²) in [6.07, 6.45) is 1.65. The molecule has 1 atom stereocenters. The van der Waals surface area contributed by atoms with Crippen molar-refractivity contribution in [3.05, 3.63) is 63.7 Å². The van der Waals surface area contributed by atoms with Crippen molar-refractivity contribution in [2.45, 2.75) is 25.9 Å². The van der Waals surface area contributed by atoms with Gasteiger partial charge in [0, 0.05) is 22.9 Å². The third-order valence-electron chi connectivity index (χ3n) is 5.16. The van der Waals surface area contributed by atoms with Crippen LogP contribution in [-0.2, 0) is 4.74 Å². The molecule has 1 N–H and O–H groups in total. The lowest BCUT2D eigenvalue weighted by Crippen LogP contribution is -2.36. The first-order valence-electron chi connectivity index (χ1n) is 9.14. The fourth-order valence-electron chi connectivity index (χ4n) is 3.53. The number of carbonyl (C=O) groups excluding carboxylic acids is 3. The van der Waals surface area contributed by atoms with Gasteiger partial charge in [-0.1, -0.05) is 17.7 Å². The number of ether oxygens (including phenoxy) is 1. The van der Waals surface area contributed by atoms with Gasteiger partial charge in [0.05, 0.1) is 23.8 Å². The molecule has 7 heteroatoms. The molecule has 0 radical (unpaired) electrons. The van der Waals surface area contributed by atoms with Gasteiger partial charge in [-0.2, -0.15) is 0 Å². The second kappa shape index (κ2) is 7.37. The van der Waals surface area contributed by atoms with E-state index in [1.165, 1.54) is 17.0 Å². The number of hydrogen-bond donors (Lipinski definition) is 1. The summed E-state index contributed by atoms with van der Waals surface area (Å²) in [6, 6.07) is 9.80. The van der Waals surface area contributed by atoms with Gasteiger partial charge < -0.3 is 10.1 Å². The lowest BCUT2D eigenvalue weighted by Gasteiger charge is -2.17. The van der Waals surface area contributed by atoms with Crippen LogP contribution in [0.25, 0.3) is 0 Å². The number of imide groups is 1. The summed E-state index contributed by atoms with van der Waals surface area (Å²) >= 11 is 6.09. The number of benzene rings is 2. The van der Waals surface area contributed by atoms with Crippen LogP contribution in [0.2, 0.25) is 5.02 Å². The summed E-state index contributed by atoms with van der Waals surface area (Å²) in [4.78, 5) is 39.2. The molecule has 2 aromatic carbocycles. The molecule has 0 unspecified atom stereocenters. The number of fused-ring (bicyclic) bond motifs is 1. The van der Waals surface area contributed by atoms with Gasteiger partial charge >= 0.3 is 0 Å². The van der Waals surface area contributed by atoms with Crippen molar-refractivity contribution in [1.82, 2.24) is 4.90 Å². The highest BCUT2D eigenvalue weighted by molar-refractivity contribution is 6.31. The van der Waals surface area contributed by atoms with Gasteiger partial charge in [-0.15, -0.1) is 0 Å². The van der Waals surface area contributed by atoms with E-state index >= 15 is 0 Å². The van der Waals surface area contributed by atoms with Gasteiger partial charge in [0.25, 0.3) is 17.7 Å². The molecule has 0 bridgehead atoms. The molecule has 2 aromatic rings. The maximum absolute atomic E-state index is 12.7. The number of halogens is 1. The molecule has 0 spiro atoms. The Balaban J connectivity index is 1.55. The van der Waals surface area contributed by atoms with Crippen LogP contribution in [-0.4, -0.2) is 41.9 Å². The molecule has 144 valence electrons. The van der Waals surface area contributed by atoms with Gasteiger partial charge in [-0.25, -0.2) is 0 Å². The van der Waals surface area contributed by atoms with E-state index in [4.69, 9.17) is 16.3 Å². The fourth-order valence-corrected chi connectivity index (χ4v) is 3.70. The van der Waals surface area contributed by atoms with E-state index in [2.05, 4.69) is 5.32 Å². The largest absolute Gasteiger partial charge is 0.376 e. The minimum absolute atomic E-state index is 0.115. The van der Waals surface area contributed by atoms with E-state index in [1.807, 2.05) is 6.92 Å². The van der Waals surface area contributed by atoms with Crippen molar-refractivity contribution < 1.29 is 19.1 Å². The van der Waals surface area contributed by atoms with E-state index in [0.717, 1.165) is 18.4 Å². The molecule has 3 amide bonds. The Morgan fingerprint density at radius 1 is 1.21 bits per heavy atom. The fraction of sp³-hybridized carbons (Fsp3) is 0.286. The standard InChI is InChI=1S/C21H19ClN2O4/c1-12-17(22)5-2-6-18(12)23-19(25)13-7-8-15-16(10-13)21(27)24(20(15)26)11-14-4-3-9-28-14/h2,5-8,10,14H,3-4,9,11H2,1H3,(H,23,25)/t14-/m1/s1. The average molecular weight is 399 g/mol. The smallest absolute Gasteiger partial charge is 0.261 e. The predicted octanol–water partition coefficient (Wildman–Crippen LogP) is 3.68. The van der Waals surface area contributed by atoms with Gasteiger partial charge in [0.2, 0.25) is 0 Å². The lowest BCUT2D eigenvalue weighted by molar-refractivity contribution is 0.0475. The molecular weight excluding hydrogens is 380 g/mol. The normalized spacial score (nSPS) is 18.5. The first kappa shape index (κ1) is 18.7. The first-order chi connectivity index (χ1) is 13.5. The minimum atomic E-state index is -0.385. The van der Waals surface area contributed by atoms with E-state index in [1.54, 1.807) is 24.3 Å². The first-order valence-corrected chi connectivity index (χ1v) is 9.52. The monoisotopic (exact) mass is 398 g/mol. The van der Waals surface area contributed by atoms with Gasteiger partial charge in [-0.3, -0.25) is 19.3 Å². The maximum Gasteiger partial charge on any atom is 0.261 e. The minimum Gasteiger partial charge on any atom is -0.376 e. The molecule has 4 rings (SSSR count). The highest BCUT2D eigenvalue weighted by Gasteiger charge is 2.37. The summed E-state index contributed by atoms with van der Waals surface area (Å²) in [6.45, 7) is 2.71. The second-order valence-electron chi connectivity index (χ2n) is 6.98. The van der Waals surface area contributed by atoms with Crippen molar-refractivity contribution >= 4 is 35.0 Å². The molecule has 0 aliphatic carbocycles. The van der Waals surface area contributed by atoms with Crippen molar-refractivity contribution in [1.29, 1.82) is 0 Å². The molecule has 28 heavy (non-hydrogen) atoms. The molecule has 1 fully saturated rings. The molecule has 0 saturated carbocycles. The Labute approximate surface area is 167 Å². The number of hydrogen-bond acceptors (Lipinski definition) is 4. The van der Waals surface area contributed by atoms with E-state index < -0.39 is 0 Å². The predicted molar refractivity (Wildman–Crippen MR) is 105 cm³/mol. The molecule has 1 saturated heterocycles. The van der Waals surface area contributed by atoms with Crippen molar-refractivity contribution in [2.24, 2.45) is 0 Å². The Kier molecular flexibility index (Phi) is 4.91. The Morgan fingerprint density at radius 2 is 2.00 bits per heavy atom. The molecule has 2 aliphatic heterocycles. The maximum atomic E-state index is 12.7. The molecular formula is C21H19ClN2O4. The highest BCUT2D eigenvalue weighted by Crippen LogP contribution is 2.27. The summed E-state index contributed by atoms with van der Waals surface area (Å²) in [5.41, 5.74) is 2.23. The molecule has 6 nitrogen and oxygen atoms in total. The Hall–Kier alpha value is -2.70. The number of rotatable bonds is 4. The zero-order chi connectivity index (χ0) is 19.8. The van der Waals surface area contributed by atoms with Gasteiger partial charge in [0.15, 0.2) is 0 Å². The lowest BCUT2D eigenvalue weighted by atomic mass is 10.0. The quantitative estimate of drug-likeness (QED) is 0.797. The zero-order valence-electron chi connectivity index (χ0n) is 15.3. The van der Waals surface area contributed by atoms with Gasteiger partial charge in [-0.05, 0) is 55.7 Å². The van der Waals surface area contributed by atoms with E-state index in [0.29, 0.717) is 28.4 Å². The van der Waals surface area contributed by atoms with Crippen LogP contribution in [0, 0.1) is 6.92 Å². The average Bonchev–Trinajstić information content (AvgIpc) is 3.28. The summed E-state index contributed by atoms with van der Waals surface area (Å²) < 4.78 is 5.54. The topological polar surface area (TPSA) is 75.7 Å². The van der Waals surface area contributed by atoms with Crippen LogP contribution in [0.15, 0.2) is 36.4 Å². The Bertz CT molecular complexity index is 982. The SMILES string of the molecule is Cc1c(Cl)cccc1NC(=O)c1ccc2c(c1)C(=O)N(C[C@H]1CCCO1)C2=O.